The normalized spacial score (nSPS) is 30.5. The number of nitrogens with zero attached hydrogens (tertiary/aromatic N) is 5. The topological polar surface area (TPSA) is 464 Å². The molecule has 0 aliphatic carbocycles. The number of nitrogen functional groups attached to an aromatic ring is 1. The Labute approximate surface area is 515 Å². The van der Waals surface area contributed by atoms with E-state index in [0.29, 0.717) is 82.6 Å². The molecule has 27 nitrogen and oxygen atoms in total. The van der Waals surface area contributed by atoms with Gasteiger partial charge in [-0.25, -0.2) is 4.39 Å². The van der Waals surface area contributed by atoms with Crippen molar-refractivity contribution in [1.29, 1.82) is 0 Å². The number of anilines is 1. The number of nitrogens with one attached hydrogen (secondary N) is 1. The van der Waals surface area contributed by atoms with Crippen LogP contribution in [0.4, 0.5) is 15.8 Å². The molecular weight excluding hydrogens is 1170 g/mol. The second-order valence-corrected chi connectivity index (χ2v) is 24.3. The molecule has 5 aliphatic rings. The van der Waals surface area contributed by atoms with E-state index < -0.39 is 108 Å². The standard InChI is InChI=1S/C13H18N2O5.C13H20N2O3.2C12H24N2O4.C8H16FNO2.ClH/c16-8-10-6-14(7-12(17)13(10)18)5-9-2-1-3-11(4-9)15(19)20;14-11-3-1-2-9(4-11)5-15-6-10(8-16)13(18)12(17)7-15;2*1-7(2)3-9(13)12(18)14-4-8(6-15)11(17)10(16)5-14;1-2-6(9)5-3-10-4-7(11)8(5)12;/h1-4,10,12-13,16-18H,5-8H2;1-4,10,12-13,16-18H,5-8,14H2;2*7-11,15-17H,3-6,13H2,1-2H3;5-8,10-12H,2-4H2,1H3;1H/t2*10-,12-,13-;8-,9+,10-,11-;8-,9-,10-,11-;5-,6-,7-,8-;/m11111./s1. The van der Waals surface area contributed by atoms with Crippen molar-refractivity contribution in [1.82, 2.24) is 24.9 Å². The van der Waals surface area contributed by atoms with E-state index in [1.54, 1.807) is 19.1 Å². The van der Waals surface area contributed by atoms with Gasteiger partial charge < -0.3 is 104 Å². The van der Waals surface area contributed by atoms with Crippen LogP contribution in [0.2, 0.25) is 0 Å². The van der Waals surface area contributed by atoms with Gasteiger partial charge in [0.15, 0.2) is 0 Å². The van der Waals surface area contributed by atoms with Crippen molar-refractivity contribution in [2.45, 2.75) is 146 Å². The van der Waals surface area contributed by atoms with Crippen LogP contribution in [0.3, 0.4) is 0 Å². The Hall–Kier alpha value is -3.96. The first-order valence-corrected chi connectivity index (χ1v) is 29.7. The highest BCUT2D eigenvalue weighted by atomic mass is 35.5. The molecule has 7 rings (SSSR count). The monoisotopic (exact) mass is 1270 g/mol. The molecule has 502 valence electrons. The predicted molar refractivity (Wildman–Crippen MR) is 324 cm³/mol. The second kappa shape index (κ2) is 39.3. The van der Waals surface area contributed by atoms with Gasteiger partial charge in [0.2, 0.25) is 11.8 Å². The highest BCUT2D eigenvalue weighted by Crippen LogP contribution is 2.25. The number of carbonyl (C=O) groups excluding carboxylic acids is 2. The summed E-state index contributed by atoms with van der Waals surface area (Å²) in [4.78, 5) is 41.2. The molecule has 2 aromatic carbocycles. The molecule has 2 amide bonds. The number of piperidine rings is 5. The van der Waals surface area contributed by atoms with Crippen molar-refractivity contribution in [3.63, 3.8) is 0 Å². The van der Waals surface area contributed by atoms with Crippen molar-refractivity contribution in [3.8, 4) is 0 Å². The number of hydrogen-bond acceptors (Lipinski definition) is 24. The molecule has 5 saturated heterocycles. The maximum Gasteiger partial charge on any atom is 0.269 e. The van der Waals surface area contributed by atoms with Crippen molar-refractivity contribution in [2.75, 3.05) is 97.6 Å². The zero-order valence-corrected chi connectivity index (χ0v) is 51.6. The average molecular weight is 1270 g/mol. The lowest BCUT2D eigenvalue weighted by Gasteiger charge is -2.39. The fourth-order valence-corrected chi connectivity index (χ4v) is 11.1. The van der Waals surface area contributed by atoms with E-state index in [1.807, 2.05) is 61.8 Å². The number of alkyl halides is 1. The van der Waals surface area contributed by atoms with Crippen LogP contribution in [0.1, 0.15) is 65.0 Å². The number of halogens is 2. The van der Waals surface area contributed by atoms with E-state index in [0.717, 1.165) is 11.1 Å². The number of nitro groups is 1. The third-order valence-electron chi connectivity index (χ3n) is 16.1. The molecule has 2 aromatic rings. The third-order valence-corrected chi connectivity index (χ3v) is 16.1. The first kappa shape index (κ1) is 79.1. The summed E-state index contributed by atoms with van der Waals surface area (Å²) < 4.78 is 13.1. The Bertz CT molecular complexity index is 2240. The quantitative estimate of drug-likeness (QED) is 0.0412. The summed E-state index contributed by atoms with van der Waals surface area (Å²) in [6.45, 7) is 13.0. The molecule has 0 saturated carbocycles. The zero-order chi connectivity index (χ0) is 64.7. The summed E-state index contributed by atoms with van der Waals surface area (Å²) in [7, 11) is 0. The smallest absolute Gasteiger partial charge is 0.269 e. The van der Waals surface area contributed by atoms with Crippen LogP contribution in [0.15, 0.2) is 48.5 Å². The van der Waals surface area contributed by atoms with Gasteiger partial charge in [-0.1, -0.05) is 58.9 Å². The lowest BCUT2D eigenvalue weighted by atomic mass is 9.89. The summed E-state index contributed by atoms with van der Waals surface area (Å²) >= 11 is 0. The van der Waals surface area contributed by atoms with Gasteiger partial charge in [0.25, 0.3) is 5.69 Å². The number of β-amino-alcohol motifs (C(OH)–C–C–N with tert-alkyl or cyclic N) is 5. The van der Waals surface area contributed by atoms with Crippen LogP contribution >= 0.6 is 12.4 Å². The maximum absolute atomic E-state index is 13.1. The summed E-state index contributed by atoms with van der Waals surface area (Å²) in [5, 5.41) is 146. The summed E-state index contributed by atoms with van der Waals surface area (Å²) in [5.41, 5.74) is 19.9. The number of nitro benzene ring substituents is 1. The fraction of sp³-hybridized carbons (Fsp3) is 0.759. The summed E-state index contributed by atoms with van der Waals surface area (Å²) in [6, 6.07) is 12.7. The van der Waals surface area contributed by atoms with E-state index in [1.165, 1.54) is 21.9 Å². The Kier molecular flexibility index (Phi) is 35.8. The number of likely N-dealkylation sites (tertiary alicyclic amines) is 4. The summed E-state index contributed by atoms with van der Waals surface area (Å²) in [5.74, 6) is -2.00. The van der Waals surface area contributed by atoms with Crippen LogP contribution in [-0.4, -0.2) is 279 Å². The van der Waals surface area contributed by atoms with E-state index in [2.05, 4.69) is 5.32 Å². The molecule has 87 heavy (non-hydrogen) atoms. The van der Waals surface area contributed by atoms with E-state index >= 15 is 0 Å². The highest BCUT2D eigenvalue weighted by Gasteiger charge is 2.40. The largest absolute Gasteiger partial charge is 0.399 e. The van der Waals surface area contributed by atoms with Crippen LogP contribution < -0.4 is 22.5 Å². The van der Waals surface area contributed by atoms with Crippen molar-refractivity contribution < 1.29 is 90.4 Å². The van der Waals surface area contributed by atoms with Gasteiger partial charge in [-0.05, 0) is 54.4 Å². The highest BCUT2D eigenvalue weighted by molar-refractivity contribution is 5.85. The number of aliphatic hydroxyl groups is 14. The van der Waals surface area contributed by atoms with Gasteiger partial charge >= 0.3 is 0 Å². The van der Waals surface area contributed by atoms with Crippen LogP contribution in [0.25, 0.3) is 0 Å². The van der Waals surface area contributed by atoms with Gasteiger partial charge in [-0.15, -0.1) is 12.4 Å². The van der Waals surface area contributed by atoms with Crippen LogP contribution in [-0.2, 0) is 22.7 Å². The second-order valence-electron chi connectivity index (χ2n) is 24.3. The molecule has 5 aliphatic heterocycles. The first-order valence-electron chi connectivity index (χ1n) is 29.7. The molecule has 29 heteroatoms. The van der Waals surface area contributed by atoms with Gasteiger partial charge in [0.05, 0.1) is 91.3 Å². The van der Waals surface area contributed by atoms with Crippen molar-refractivity contribution in [2.24, 2.45) is 52.9 Å². The van der Waals surface area contributed by atoms with Gasteiger partial charge in [0.1, 0.15) is 6.17 Å². The molecule has 0 bridgehead atoms. The summed E-state index contributed by atoms with van der Waals surface area (Å²) in [6.07, 6.45) is -8.73. The number of nitrogens with two attached hydrogens (primary N) is 3. The molecule has 5 fully saturated rings. The Morgan fingerprint density at radius 3 is 1.33 bits per heavy atom. The molecule has 18 atom stereocenters. The Morgan fingerprint density at radius 2 is 0.966 bits per heavy atom. The molecule has 0 spiro atoms. The zero-order valence-electron chi connectivity index (χ0n) is 50.7. The number of non-ortho nitro benzene ring substituents is 1. The minimum Gasteiger partial charge on any atom is -0.399 e. The number of rotatable bonds is 17. The predicted octanol–water partition coefficient (Wildman–Crippen LogP) is -3.68. The lowest BCUT2D eigenvalue weighted by molar-refractivity contribution is -0.384. The number of benzene rings is 2. The Morgan fingerprint density at radius 1 is 0.586 bits per heavy atom. The SMILES string of the molecule is CC(C)C[C@@H](N)C(=O)N1C[C@H](CO)[C@@H](O)[C@H](O)C1.CC(C)C[C@H](N)C(=O)N1C[C@H](CO)[C@@H](O)[C@H](O)C1.CC[C@@H](F)[C@H]1CNC[C@@H](O)[C@@H]1O.Cl.Nc1cccc(CN2C[C@H](CO)[C@@H](O)[C@H](O)C2)c1.O=[N+]([O-])c1cccc(CN2C[C@H](CO)[C@@H](O)[C@H](O)C2)c1. The van der Waals surface area contributed by atoms with Gasteiger partial charge in [0, 0.05) is 139 Å². The fourth-order valence-electron chi connectivity index (χ4n) is 11.1. The maximum atomic E-state index is 13.1. The number of aliphatic hydroxyl groups excluding tert-OH is 14. The molecular formula is C58H103ClFN9O18. The number of hydrogen-bond donors (Lipinski definition) is 18. The lowest BCUT2D eigenvalue weighted by Crippen LogP contribution is -2.58. The molecule has 21 N–H and O–H groups in total. The average Bonchev–Trinajstić information content (AvgIpc) is 3.56. The van der Waals surface area contributed by atoms with Crippen LogP contribution in [0.5, 0.6) is 0 Å². The number of amides is 2. The first-order chi connectivity index (χ1) is 40.5. The molecule has 0 unspecified atom stereocenters. The van der Waals surface area contributed by atoms with Crippen molar-refractivity contribution in [3.05, 3.63) is 69.8 Å². The third kappa shape index (κ3) is 25.3. The van der Waals surface area contributed by atoms with Gasteiger partial charge in [-0.3, -0.25) is 29.5 Å². The minimum atomic E-state index is -1.03. The van der Waals surface area contributed by atoms with E-state index in [9.17, 15) is 85.4 Å². The molecule has 0 aromatic heterocycles. The van der Waals surface area contributed by atoms with E-state index in [4.69, 9.17) is 27.4 Å². The van der Waals surface area contributed by atoms with Gasteiger partial charge in [-0.2, -0.15) is 0 Å². The van der Waals surface area contributed by atoms with E-state index in [-0.39, 0.29) is 95.0 Å². The number of carbonyl (C=O) groups is 2. The minimum absolute atomic E-state index is 0. The molecule has 5 heterocycles. The van der Waals surface area contributed by atoms with Crippen molar-refractivity contribution >= 4 is 35.6 Å². The Balaban J connectivity index is 0.000000373. The molecule has 0 radical (unpaired) electrons. The van der Waals surface area contributed by atoms with Crippen LogP contribution in [0, 0.1) is 51.5 Å².